The molecule has 5 nitrogen and oxygen atoms in total. The topological polar surface area (TPSA) is 58.6 Å². The van der Waals surface area contributed by atoms with Gasteiger partial charge in [0.05, 0.1) is 13.7 Å². The molecule has 1 N–H and O–H groups in total. The van der Waals surface area contributed by atoms with Gasteiger partial charge in [0.2, 0.25) is 5.91 Å². The molecule has 0 aliphatic carbocycles. The first-order valence-electron chi connectivity index (χ1n) is 7.54. The van der Waals surface area contributed by atoms with Crippen molar-refractivity contribution in [2.24, 2.45) is 5.41 Å². The Kier molecular flexibility index (Phi) is 4.86. The molecular weight excluding hydrogens is 280 g/mol. The van der Waals surface area contributed by atoms with Gasteiger partial charge in [-0.15, -0.1) is 0 Å². The van der Waals surface area contributed by atoms with Crippen LogP contribution >= 0.6 is 0 Å². The monoisotopic (exact) mass is 304 g/mol. The Morgan fingerprint density at radius 1 is 1.32 bits per heavy atom. The SMILES string of the molecule is COC(=O)[C@@H](NCC(=O)N1CCc2ccccc21)C(C)(C)C. The number of hydrogen-bond donors (Lipinski definition) is 1. The third-order valence-electron chi connectivity index (χ3n) is 3.95. The molecule has 0 aromatic heterocycles. The molecule has 0 saturated heterocycles. The van der Waals surface area contributed by atoms with Gasteiger partial charge in [0.25, 0.3) is 0 Å². The van der Waals surface area contributed by atoms with Crippen LogP contribution < -0.4 is 10.2 Å². The van der Waals surface area contributed by atoms with Gasteiger partial charge in [0, 0.05) is 12.2 Å². The molecule has 22 heavy (non-hydrogen) atoms. The molecule has 1 aromatic rings. The predicted molar refractivity (Wildman–Crippen MR) is 85.8 cm³/mol. The minimum atomic E-state index is -0.515. The van der Waals surface area contributed by atoms with E-state index in [0.29, 0.717) is 6.54 Å². The lowest BCUT2D eigenvalue weighted by molar-refractivity contribution is -0.146. The van der Waals surface area contributed by atoms with E-state index in [2.05, 4.69) is 5.32 Å². The summed E-state index contributed by atoms with van der Waals surface area (Å²) in [5.74, 6) is -0.370. The molecule has 120 valence electrons. The number of ether oxygens (including phenoxy) is 1. The molecule has 2 rings (SSSR count). The molecule has 0 unspecified atom stereocenters. The Hall–Kier alpha value is -1.88. The van der Waals surface area contributed by atoms with E-state index in [1.165, 1.54) is 12.7 Å². The van der Waals surface area contributed by atoms with Crippen LogP contribution in [0.2, 0.25) is 0 Å². The maximum atomic E-state index is 12.5. The summed E-state index contributed by atoms with van der Waals surface area (Å²) >= 11 is 0. The Morgan fingerprint density at radius 2 is 2.00 bits per heavy atom. The molecule has 1 amide bonds. The second kappa shape index (κ2) is 6.48. The smallest absolute Gasteiger partial charge is 0.323 e. The maximum absolute atomic E-state index is 12.5. The molecule has 0 fully saturated rings. The molecule has 1 aromatic carbocycles. The lowest BCUT2D eigenvalue weighted by Crippen LogP contribution is -2.50. The minimum Gasteiger partial charge on any atom is -0.468 e. The lowest BCUT2D eigenvalue weighted by Gasteiger charge is -2.29. The van der Waals surface area contributed by atoms with Crippen molar-refractivity contribution in [2.75, 3.05) is 25.1 Å². The van der Waals surface area contributed by atoms with Crippen molar-refractivity contribution in [1.29, 1.82) is 0 Å². The first kappa shape index (κ1) is 16.5. The van der Waals surface area contributed by atoms with E-state index in [0.717, 1.165) is 12.1 Å². The molecule has 0 radical (unpaired) electrons. The number of esters is 1. The molecule has 0 saturated carbocycles. The number of nitrogens with one attached hydrogen (secondary N) is 1. The molecular formula is C17H24N2O3. The van der Waals surface area contributed by atoms with Crippen LogP contribution in [0.4, 0.5) is 5.69 Å². The Morgan fingerprint density at radius 3 is 2.64 bits per heavy atom. The average molecular weight is 304 g/mol. The highest BCUT2D eigenvalue weighted by Crippen LogP contribution is 2.27. The second-order valence-electron chi connectivity index (χ2n) is 6.63. The number of hydrogen-bond acceptors (Lipinski definition) is 4. The number of para-hydroxylation sites is 1. The maximum Gasteiger partial charge on any atom is 0.323 e. The van der Waals surface area contributed by atoms with Crippen LogP contribution in [0, 0.1) is 5.41 Å². The molecule has 1 atom stereocenters. The largest absolute Gasteiger partial charge is 0.468 e. The van der Waals surface area contributed by atoms with Crippen molar-refractivity contribution in [1.82, 2.24) is 5.32 Å². The Labute approximate surface area is 131 Å². The fraction of sp³-hybridized carbons (Fsp3) is 0.529. The second-order valence-corrected chi connectivity index (χ2v) is 6.63. The van der Waals surface area contributed by atoms with E-state index in [1.54, 1.807) is 4.90 Å². The van der Waals surface area contributed by atoms with Gasteiger partial charge in [-0.1, -0.05) is 39.0 Å². The van der Waals surface area contributed by atoms with Crippen molar-refractivity contribution in [3.63, 3.8) is 0 Å². The fourth-order valence-electron chi connectivity index (χ4n) is 2.74. The zero-order valence-electron chi connectivity index (χ0n) is 13.7. The van der Waals surface area contributed by atoms with Crippen molar-refractivity contribution in [3.8, 4) is 0 Å². The van der Waals surface area contributed by atoms with Gasteiger partial charge >= 0.3 is 5.97 Å². The van der Waals surface area contributed by atoms with Crippen LogP contribution in [0.3, 0.4) is 0 Å². The van der Waals surface area contributed by atoms with Crippen LogP contribution in [0.25, 0.3) is 0 Å². The van der Waals surface area contributed by atoms with Crippen LogP contribution in [0.1, 0.15) is 26.3 Å². The first-order chi connectivity index (χ1) is 10.3. The number of fused-ring (bicyclic) bond motifs is 1. The number of carbonyl (C=O) groups excluding carboxylic acids is 2. The van der Waals surface area contributed by atoms with Gasteiger partial charge in [-0.2, -0.15) is 0 Å². The van der Waals surface area contributed by atoms with E-state index in [4.69, 9.17) is 4.74 Å². The van der Waals surface area contributed by atoms with E-state index in [-0.39, 0.29) is 23.8 Å². The van der Waals surface area contributed by atoms with Crippen LogP contribution in [0.5, 0.6) is 0 Å². The van der Waals surface area contributed by atoms with E-state index < -0.39 is 6.04 Å². The lowest BCUT2D eigenvalue weighted by atomic mass is 9.87. The van der Waals surface area contributed by atoms with Gasteiger partial charge in [0.1, 0.15) is 6.04 Å². The molecule has 0 spiro atoms. The molecule has 5 heteroatoms. The van der Waals surface area contributed by atoms with Gasteiger partial charge in [-0.05, 0) is 23.5 Å². The van der Waals surface area contributed by atoms with E-state index in [1.807, 2.05) is 45.0 Å². The van der Waals surface area contributed by atoms with Crippen molar-refractivity contribution in [3.05, 3.63) is 29.8 Å². The number of amides is 1. The number of methoxy groups -OCH3 is 1. The standard InChI is InChI=1S/C17H24N2O3/c1-17(2,3)15(16(21)22-4)18-11-14(20)19-10-9-12-7-5-6-8-13(12)19/h5-8,15,18H,9-11H2,1-4H3/t15-/m1/s1. The van der Waals surface area contributed by atoms with Crippen molar-refractivity contribution >= 4 is 17.6 Å². The molecule has 1 aliphatic heterocycles. The zero-order valence-corrected chi connectivity index (χ0v) is 13.7. The number of nitrogens with zero attached hydrogens (tertiary/aromatic N) is 1. The Bertz CT molecular complexity index is 563. The molecule has 1 heterocycles. The quantitative estimate of drug-likeness (QED) is 0.861. The first-order valence-corrected chi connectivity index (χ1v) is 7.54. The van der Waals surface area contributed by atoms with Gasteiger partial charge < -0.3 is 9.64 Å². The summed E-state index contributed by atoms with van der Waals surface area (Å²) in [5, 5.41) is 3.05. The van der Waals surface area contributed by atoms with Gasteiger partial charge in [-0.3, -0.25) is 14.9 Å². The number of carbonyl (C=O) groups is 2. The number of anilines is 1. The minimum absolute atomic E-state index is 0.0249. The summed E-state index contributed by atoms with van der Waals surface area (Å²) in [6.45, 7) is 6.63. The molecule has 1 aliphatic rings. The highest BCUT2D eigenvalue weighted by atomic mass is 16.5. The summed E-state index contributed by atoms with van der Waals surface area (Å²) in [6.07, 6.45) is 0.877. The van der Waals surface area contributed by atoms with Gasteiger partial charge in [-0.25, -0.2) is 0 Å². The summed E-state index contributed by atoms with van der Waals surface area (Å²) in [7, 11) is 1.36. The number of rotatable bonds is 4. The molecule has 0 bridgehead atoms. The fourth-order valence-corrected chi connectivity index (χ4v) is 2.74. The highest BCUT2D eigenvalue weighted by Gasteiger charge is 2.33. The zero-order chi connectivity index (χ0) is 16.3. The third kappa shape index (κ3) is 3.47. The summed E-state index contributed by atoms with van der Waals surface area (Å²) in [4.78, 5) is 26.1. The van der Waals surface area contributed by atoms with Crippen LogP contribution in [-0.2, 0) is 20.7 Å². The Balaban J connectivity index is 2.02. The van der Waals surface area contributed by atoms with E-state index >= 15 is 0 Å². The average Bonchev–Trinajstić information content (AvgIpc) is 2.89. The third-order valence-corrected chi connectivity index (χ3v) is 3.95. The summed E-state index contributed by atoms with van der Waals surface area (Å²) < 4.78 is 4.83. The normalized spacial score (nSPS) is 15.4. The van der Waals surface area contributed by atoms with Crippen LogP contribution in [0.15, 0.2) is 24.3 Å². The van der Waals surface area contributed by atoms with E-state index in [9.17, 15) is 9.59 Å². The van der Waals surface area contributed by atoms with Gasteiger partial charge in [0.15, 0.2) is 0 Å². The van der Waals surface area contributed by atoms with Crippen molar-refractivity contribution < 1.29 is 14.3 Å². The predicted octanol–water partition coefficient (Wildman–Crippen LogP) is 1.75. The summed E-state index contributed by atoms with van der Waals surface area (Å²) in [5.41, 5.74) is 1.84. The highest BCUT2D eigenvalue weighted by molar-refractivity contribution is 5.97. The number of benzene rings is 1. The van der Waals surface area contributed by atoms with Crippen LogP contribution in [-0.4, -0.2) is 38.1 Å². The van der Waals surface area contributed by atoms with Crippen molar-refractivity contribution in [2.45, 2.75) is 33.2 Å². The summed E-state index contributed by atoms with van der Waals surface area (Å²) in [6, 6.07) is 7.41.